The number of nitrogens with one attached hydrogen (secondary N) is 1. The molecule has 0 fully saturated rings. The van der Waals surface area contributed by atoms with Gasteiger partial charge in [0.25, 0.3) is 0 Å². The topological polar surface area (TPSA) is 55.1 Å². The predicted molar refractivity (Wildman–Crippen MR) is 85.9 cm³/mol. The lowest BCUT2D eigenvalue weighted by atomic mass is 10.1. The number of anilines is 1. The monoisotopic (exact) mass is 278 g/mol. The van der Waals surface area contributed by atoms with E-state index >= 15 is 0 Å². The van der Waals surface area contributed by atoms with Gasteiger partial charge in [-0.2, -0.15) is 0 Å². The average Bonchev–Trinajstić information content (AvgIpc) is 2.48. The van der Waals surface area contributed by atoms with Crippen molar-refractivity contribution in [2.45, 2.75) is 13.3 Å². The second-order valence-electron chi connectivity index (χ2n) is 4.75. The molecule has 0 aliphatic rings. The van der Waals surface area contributed by atoms with Gasteiger partial charge in [-0.3, -0.25) is 4.79 Å². The first-order chi connectivity index (χ1) is 10.2. The Morgan fingerprint density at radius 1 is 1.19 bits per heavy atom. The molecule has 106 valence electrons. The van der Waals surface area contributed by atoms with Crippen LogP contribution in [0.25, 0.3) is 0 Å². The summed E-state index contributed by atoms with van der Waals surface area (Å²) in [4.78, 5) is 12.0. The molecule has 0 radical (unpaired) electrons. The molecule has 3 heteroatoms. The van der Waals surface area contributed by atoms with E-state index in [-0.39, 0.29) is 5.91 Å². The van der Waals surface area contributed by atoms with Gasteiger partial charge < -0.3 is 11.1 Å². The Morgan fingerprint density at radius 3 is 2.62 bits per heavy atom. The summed E-state index contributed by atoms with van der Waals surface area (Å²) in [5.74, 6) is 5.77. The predicted octanol–water partition coefficient (Wildman–Crippen LogP) is 2.49. The molecule has 2 aromatic rings. The van der Waals surface area contributed by atoms with E-state index in [9.17, 15) is 4.79 Å². The molecule has 0 unspecified atom stereocenters. The largest absolute Gasteiger partial charge is 0.326 e. The van der Waals surface area contributed by atoms with Crippen molar-refractivity contribution in [2.24, 2.45) is 5.73 Å². The van der Waals surface area contributed by atoms with Crippen molar-refractivity contribution in [3.8, 4) is 11.8 Å². The van der Waals surface area contributed by atoms with Crippen LogP contribution in [0.15, 0.2) is 48.5 Å². The zero-order valence-electron chi connectivity index (χ0n) is 12.0. The van der Waals surface area contributed by atoms with Crippen molar-refractivity contribution in [2.75, 3.05) is 11.9 Å². The zero-order chi connectivity index (χ0) is 15.1. The third-order valence-electron chi connectivity index (χ3n) is 3.04. The quantitative estimate of drug-likeness (QED) is 0.848. The molecule has 0 heterocycles. The maximum Gasteiger partial charge on any atom is 0.228 e. The van der Waals surface area contributed by atoms with Gasteiger partial charge in [-0.05, 0) is 36.2 Å². The molecule has 3 nitrogen and oxygen atoms in total. The van der Waals surface area contributed by atoms with Crippen molar-refractivity contribution in [1.29, 1.82) is 0 Å². The van der Waals surface area contributed by atoms with Crippen LogP contribution in [0.1, 0.15) is 16.7 Å². The molecule has 1 amide bonds. The maximum absolute atomic E-state index is 12.0. The Labute approximate surface area is 125 Å². The van der Waals surface area contributed by atoms with Gasteiger partial charge in [0, 0.05) is 11.3 Å². The number of aryl methyl sites for hydroxylation is 1. The molecule has 0 aliphatic carbocycles. The molecule has 21 heavy (non-hydrogen) atoms. The number of rotatable bonds is 3. The van der Waals surface area contributed by atoms with Gasteiger partial charge in [-0.15, -0.1) is 0 Å². The highest BCUT2D eigenvalue weighted by molar-refractivity contribution is 5.93. The first-order valence-corrected chi connectivity index (χ1v) is 6.82. The first kappa shape index (κ1) is 14.8. The molecular formula is C18H18N2O. The summed E-state index contributed by atoms with van der Waals surface area (Å²) in [5.41, 5.74) is 9.05. The summed E-state index contributed by atoms with van der Waals surface area (Å²) in [6.07, 6.45) is 0.370. The fourth-order valence-electron chi connectivity index (χ4n) is 2.01. The fourth-order valence-corrected chi connectivity index (χ4v) is 2.01. The summed E-state index contributed by atoms with van der Waals surface area (Å²) >= 11 is 0. The van der Waals surface area contributed by atoms with Gasteiger partial charge >= 0.3 is 0 Å². The molecule has 2 aromatic carbocycles. The Hall–Kier alpha value is -2.57. The van der Waals surface area contributed by atoms with Crippen LogP contribution in [-0.4, -0.2) is 12.5 Å². The summed E-state index contributed by atoms with van der Waals surface area (Å²) < 4.78 is 0. The molecule has 0 atom stereocenters. The number of carbonyl (C=O) groups excluding carboxylic acids is 1. The molecule has 2 rings (SSSR count). The minimum atomic E-state index is -0.0231. The Balaban J connectivity index is 2.04. The van der Waals surface area contributed by atoms with Crippen molar-refractivity contribution in [1.82, 2.24) is 0 Å². The molecule has 0 bridgehead atoms. The zero-order valence-corrected chi connectivity index (χ0v) is 12.0. The normalized spacial score (nSPS) is 9.62. The summed E-state index contributed by atoms with van der Waals surface area (Å²) in [6, 6.07) is 15.4. The van der Waals surface area contributed by atoms with Gasteiger partial charge in [0.15, 0.2) is 0 Å². The van der Waals surface area contributed by atoms with E-state index in [0.717, 1.165) is 22.4 Å². The lowest BCUT2D eigenvalue weighted by Crippen LogP contribution is -2.15. The second kappa shape index (κ2) is 7.28. The van der Waals surface area contributed by atoms with Crippen LogP contribution in [0, 0.1) is 18.8 Å². The maximum atomic E-state index is 12.0. The van der Waals surface area contributed by atoms with E-state index in [2.05, 4.69) is 17.2 Å². The van der Waals surface area contributed by atoms with E-state index < -0.39 is 0 Å². The third-order valence-corrected chi connectivity index (χ3v) is 3.04. The average molecular weight is 278 g/mol. The van der Waals surface area contributed by atoms with Crippen LogP contribution in [0.3, 0.4) is 0 Å². The third kappa shape index (κ3) is 4.48. The number of nitrogens with two attached hydrogens (primary N) is 1. The smallest absolute Gasteiger partial charge is 0.228 e. The van der Waals surface area contributed by atoms with Crippen LogP contribution in [0.5, 0.6) is 0 Å². The SMILES string of the molecule is Cc1cc(C#CCN)ccc1NC(=O)Cc1ccccc1. The van der Waals surface area contributed by atoms with Crippen LogP contribution >= 0.6 is 0 Å². The highest BCUT2D eigenvalue weighted by Crippen LogP contribution is 2.16. The first-order valence-electron chi connectivity index (χ1n) is 6.82. The van der Waals surface area contributed by atoms with Crippen molar-refractivity contribution in [3.63, 3.8) is 0 Å². The number of benzene rings is 2. The van der Waals surface area contributed by atoms with E-state index in [1.807, 2.05) is 55.5 Å². The number of hydrogen-bond acceptors (Lipinski definition) is 2. The number of carbonyl (C=O) groups is 1. The lowest BCUT2D eigenvalue weighted by Gasteiger charge is -2.09. The molecule has 0 saturated carbocycles. The fraction of sp³-hybridized carbons (Fsp3) is 0.167. The van der Waals surface area contributed by atoms with Crippen LogP contribution < -0.4 is 11.1 Å². The van der Waals surface area contributed by atoms with Crippen molar-refractivity contribution in [3.05, 3.63) is 65.2 Å². The van der Waals surface area contributed by atoms with Gasteiger partial charge in [-0.1, -0.05) is 42.2 Å². The Morgan fingerprint density at radius 2 is 1.95 bits per heavy atom. The molecule has 3 N–H and O–H groups in total. The molecule has 0 aromatic heterocycles. The van der Waals surface area contributed by atoms with Gasteiger partial charge in [0.05, 0.1) is 13.0 Å². The van der Waals surface area contributed by atoms with Crippen molar-refractivity contribution >= 4 is 11.6 Å². The van der Waals surface area contributed by atoms with Gasteiger partial charge in [0.2, 0.25) is 5.91 Å². The Bertz CT molecular complexity index is 681. The molecule has 0 spiro atoms. The lowest BCUT2D eigenvalue weighted by molar-refractivity contribution is -0.115. The van der Waals surface area contributed by atoms with Crippen molar-refractivity contribution < 1.29 is 4.79 Å². The van der Waals surface area contributed by atoms with Gasteiger partial charge in [0.1, 0.15) is 0 Å². The van der Waals surface area contributed by atoms with Gasteiger partial charge in [-0.25, -0.2) is 0 Å². The van der Waals surface area contributed by atoms with E-state index in [1.54, 1.807) is 0 Å². The summed E-state index contributed by atoms with van der Waals surface area (Å²) in [7, 11) is 0. The standard InChI is InChI=1S/C18H18N2O/c1-14-12-16(8-5-11-19)9-10-17(14)20-18(21)13-15-6-3-2-4-7-15/h2-4,6-7,9-10,12H,11,13,19H2,1H3,(H,20,21). The highest BCUT2D eigenvalue weighted by atomic mass is 16.1. The summed E-state index contributed by atoms with van der Waals surface area (Å²) in [6.45, 7) is 2.29. The number of hydrogen-bond donors (Lipinski definition) is 2. The second-order valence-corrected chi connectivity index (χ2v) is 4.75. The minimum Gasteiger partial charge on any atom is -0.326 e. The van der Waals surface area contributed by atoms with E-state index in [4.69, 9.17) is 5.73 Å². The summed E-state index contributed by atoms with van der Waals surface area (Å²) in [5, 5.41) is 2.93. The number of amides is 1. The highest BCUT2D eigenvalue weighted by Gasteiger charge is 2.06. The molecule has 0 saturated heterocycles. The van der Waals surface area contributed by atoms with Crippen LogP contribution in [0.4, 0.5) is 5.69 Å². The molecular weight excluding hydrogens is 260 g/mol. The van der Waals surface area contributed by atoms with Crippen LogP contribution in [0.2, 0.25) is 0 Å². The molecule has 0 aliphatic heterocycles. The van der Waals surface area contributed by atoms with E-state index in [1.165, 1.54) is 0 Å². The minimum absolute atomic E-state index is 0.0231. The Kier molecular flexibility index (Phi) is 5.14. The van der Waals surface area contributed by atoms with Crippen LogP contribution in [-0.2, 0) is 11.2 Å². The van der Waals surface area contributed by atoms with E-state index in [0.29, 0.717) is 13.0 Å².